The standard InChI is InChI=1S/C24H25BrN2O5/c1-29-15-31-20-12-21(32-16-30-2)24(25)19(23(20)18-8-4-3-5-9-18)11-22(28)27-14-17-7-6-10-26-13-17/h3-10,12-13H,11,14-16H2,1-2H3,(H,27,28). The van der Waals surface area contributed by atoms with Crippen molar-refractivity contribution in [1.29, 1.82) is 0 Å². The van der Waals surface area contributed by atoms with E-state index in [4.69, 9.17) is 18.9 Å². The molecule has 2 aromatic carbocycles. The van der Waals surface area contributed by atoms with E-state index in [0.717, 1.165) is 22.3 Å². The topological polar surface area (TPSA) is 78.9 Å². The molecule has 0 aliphatic rings. The molecule has 7 nitrogen and oxygen atoms in total. The van der Waals surface area contributed by atoms with Gasteiger partial charge in [0.15, 0.2) is 13.6 Å². The van der Waals surface area contributed by atoms with Crippen LogP contribution in [0.4, 0.5) is 0 Å². The molecule has 0 fully saturated rings. The first-order chi connectivity index (χ1) is 15.6. The lowest BCUT2D eigenvalue weighted by Crippen LogP contribution is -2.25. The number of nitrogens with one attached hydrogen (secondary N) is 1. The summed E-state index contributed by atoms with van der Waals surface area (Å²) in [7, 11) is 3.09. The second-order valence-corrected chi connectivity index (χ2v) is 7.62. The Morgan fingerprint density at radius 2 is 1.72 bits per heavy atom. The van der Waals surface area contributed by atoms with E-state index in [1.54, 1.807) is 32.7 Å². The van der Waals surface area contributed by atoms with Crippen molar-refractivity contribution in [3.8, 4) is 22.6 Å². The minimum absolute atomic E-state index is 0.0534. The normalized spacial score (nSPS) is 10.6. The van der Waals surface area contributed by atoms with Gasteiger partial charge in [-0.15, -0.1) is 0 Å². The van der Waals surface area contributed by atoms with Crippen LogP contribution in [0.2, 0.25) is 0 Å². The molecule has 0 saturated heterocycles. The van der Waals surface area contributed by atoms with Gasteiger partial charge in [-0.25, -0.2) is 0 Å². The summed E-state index contributed by atoms with van der Waals surface area (Å²) < 4.78 is 22.4. The van der Waals surface area contributed by atoms with E-state index in [1.165, 1.54) is 0 Å². The molecule has 1 aromatic heterocycles. The number of hydrogen-bond donors (Lipinski definition) is 1. The number of methoxy groups -OCH3 is 2. The molecule has 3 aromatic rings. The number of nitrogens with zero attached hydrogens (tertiary/aromatic N) is 1. The predicted molar refractivity (Wildman–Crippen MR) is 124 cm³/mol. The molecule has 1 amide bonds. The molecule has 0 aliphatic heterocycles. The van der Waals surface area contributed by atoms with Gasteiger partial charge >= 0.3 is 0 Å². The molecule has 0 aliphatic carbocycles. The summed E-state index contributed by atoms with van der Waals surface area (Å²) in [5.41, 5.74) is 3.35. The molecule has 0 bridgehead atoms. The average molecular weight is 501 g/mol. The van der Waals surface area contributed by atoms with Gasteiger partial charge in [-0.1, -0.05) is 36.4 Å². The van der Waals surface area contributed by atoms with E-state index in [9.17, 15) is 4.79 Å². The lowest BCUT2D eigenvalue weighted by molar-refractivity contribution is -0.120. The van der Waals surface area contributed by atoms with E-state index in [0.29, 0.717) is 22.5 Å². The fraction of sp³-hybridized carbons (Fsp3) is 0.250. The van der Waals surface area contributed by atoms with Crippen molar-refractivity contribution in [2.24, 2.45) is 0 Å². The van der Waals surface area contributed by atoms with Crippen LogP contribution in [0.1, 0.15) is 11.1 Å². The molecule has 32 heavy (non-hydrogen) atoms. The Kier molecular flexibility index (Phi) is 9.03. The zero-order chi connectivity index (χ0) is 22.8. The molecular formula is C24H25BrN2O5. The van der Waals surface area contributed by atoms with E-state index in [-0.39, 0.29) is 25.9 Å². The van der Waals surface area contributed by atoms with Crippen LogP contribution in [-0.2, 0) is 27.2 Å². The SMILES string of the molecule is COCOc1cc(OCOC)c(-c2ccccc2)c(CC(=O)NCc2cccnc2)c1Br. The second kappa shape index (κ2) is 12.2. The van der Waals surface area contributed by atoms with E-state index in [1.807, 2.05) is 42.5 Å². The van der Waals surface area contributed by atoms with Crippen LogP contribution < -0.4 is 14.8 Å². The first-order valence-electron chi connectivity index (χ1n) is 9.94. The summed E-state index contributed by atoms with van der Waals surface area (Å²) in [6, 6.07) is 15.3. The summed E-state index contributed by atoms with van der Waals surface area (Å²) in [4.78, 5) is 17.0. The molecule has 1 heterocycles. The average Bonchev–Trinajstić information content (AvgIpc) is 2.83. The van der Waals surface area contributed by atoms with Crippen molar-refractivity contribution in [2.45, 2.75) is 13.0 Å². The van der Waals surface area contributed by atoms with Gasteiger partial charge in [-0.3, -0.25) is 9.78 Å². The van der Waals surface area contributed by atoms with Crippen molar-refractivity contribution >= 4 is 21.8 Å². The summed E-state index contributed by atoms with van der Waals surface area (Å²) in [5.74, 6) is 0.906. The fourth-order valence-electron chi connectivity index (χ4n) is 3.14. The first-order valence-corrected chi connectivity index (χ1v) is 10.7. The largest absolute Gasteiger partial charge is 0.467 e. The number of ether oxygens (including phenoxy) is 4. The van der Waals surface area contributed by atoms with Crippen molar-refractivity contribution in [3.05, 3.63) is 76.5 Å². The van der Waals surface area contributed by atoms with Crippen molar-refractivity contribution in [2.75, 3.05) is 27.8 Å². The zero-order valence-electron chi connectivity index (χ0n) is 18.0. The molecule has 0 spiro atoms. The van der Waals surface area contributed by atoms with Gasteiger partial charge in [-0.2, -0.15) is 0 Å². The second-order valence-electron chi connectivity index (χ2n) is 6.82. The Bertz CT molecular complexity index is 1020. The van der Waals surface area contributed by atoms with Gasteiger partial charge in [0.2, 0.25) is 5.91 Å². The first kappa shape index (κ1) is 23.7. The van der Waals surface area contributed by atoms with Gasteiger partial charge in [-0.05, 0) is 38.7 Å². The Morgan fingerprint density at radius 1 is 1.00 bits per heavy atom. The number of rotatable bonds is 11. The quantitative estimate of drug-likeness (QED) is 0.394. The maximum atomic E-state index is 12.9. The molecule has 3 rings (SSSR count). The minimum Gasteiger partial charge on any atom is -0.467 e. The molecule has 0 atom stereocenters. The minimum atomic E-state index is -0.145. The monoisotopic (exact) mass is 500 g/mol. The molecule has 0 unspecified atom stereocenters. The van der Waals surface area contributed by atoms with E-state index >= 15 is 0 Å². The number of aromatic nitrogens is 1. The van der Waals surface area contributed by atoms with Gasteiger partial charge in [0, 0.05) is 44.8 Å². The highest BCUT2D eigenvalue weighted by Gasteiger charge is 2.22. The maximum absolute atomic E-state index is 12.9. The lowest BCUT2D eigenvalue weighted by Gasteiger charge is -2.20. The molecule has 1 N–H and O–H groups in total. The number of halogens is 1. The van der Waals surface area contributed by atoms with Crippen LogP contribution in [0.25, 0.3) is 11.1 Å². The molecule has 8 heteroatoms. The molecule has 168 valence electrons. The number of carbonyl (C=O) groups excluding carboxylic acids is 1. The third-order valence-corrected chi connectivity index (χ3v) is 5.44. The van der Waals surface area contributed by atoms with Gasteiger partial charge in [0.25, 0.3) is 0 Å². The highest BCUT2D eigenvalue weighted by molar-refractivity contribution is 9.10. The Hall–Kier alpha value is -2.94. The Balaban J connectivity index is 1.98. The zero-order valence-corrected chi connectivity index (χ0v) is 19.6. The van der Waals surface area contributed by atoms with Crippen LogP contribution in [0.5, 0.6) is 11.5 Å². The summed E-state index contributed by atoms with van der Waals surface area (Å²) >= 11 is 3.63. The smallest absolute Gasteiger partial charge is 0.224 e. The van der Waals surface area contributed by atoms with E-state index in [2.05, 4.69) is 26.2 Å². The number of pyridine rings is 1. The summed E-state index contributed by atoms with van der Waals surface area (Å²) in [5, 5.41) is 2.95. The Labute approximate surface area is 195 Å². The molecule has 0 saturated carbocycles. The van der Waals surface area contributed by atoms with Crippen molar-refractivity contribution in [1.82, 2.24) is 10.3 Å². The van der Waals surface area contributed by atoms with Crippen molar-refractivity contribution < 1.29 is 23.7 Å². The van der Waals surface area contributed by atoms with Crippen LogP contribution in [0, 0.1) is 0 Å². The third-order valence-electron chi connectivity index (χ3n) is 4.57. The van der Waals surface area contributed by atoms with Crippen molar-refractivity contribution in [3.63, 3.8) is 0 Å². The van der Waals surface area contributed by atoms with Crippen LogP contribution in [-0.4, -0.2) is 38.7 Å². The Morgan fingerprint density at radius 3 is 2.38 bits per heavy atom. The summed E-state index contributed by atoms with van der Waals surface area (Å²) in [6.45, 7) is 0.495. The van der Waals surface area contributed by atoms with E-state index < -0.39 is 0 Å². The highest BCUT2D eigenvalue weighted by atomic mass is 79.9. The maximum Gasteiger partial charge on any atom is 0.224 e. The number of hydrogen-bond acceptors (Lipinski definition) is 6. The van der Waals surface area contributed by atoms with Gasteiger partial charge in [0.1, 0.15) is 11.5 Å². The van der Waals surface area contributed by atoms with Gasteiger partial charge in [0.05, 0.1) is 10.9 Å². The lowest BCUT2D eigenvalue weighted by atomic mass is 9.95. The number of benzene rings is 2. The highest BCUT2D eigenvalue weighted by Crippen LogP contribution is 2.43. The molecular weight excluding hydrogens is 476 g/mol. The van der Waals surface area contributed by atoms with Gasteiger partial charge < -0.3 is 24.3 Å². The van der Waals surface area contributed by atoms with Crippen LogP contribution >= 0.6 is 15.9 Å². The number of amides is 1. The number of carbonyl (C=O) groups is 1. The predicted octanol–water partition coefficient (Wildman–Crippen LogP) is 4.34. The third kappa shape index (κ3) is 6.29. The van der Waals surface area contributed by atoms with Crippen LogP contribution in [0.3, 0.4) is 0 Å². The summed E-state index contributed by atoms with van der Waals surface area (Å²) in [6.07, 6.45) is 3.53. The van der Waals surface area contributed by atoms with Crippen LogP contribution in [0.15, 0.2) is 65.4 Å². The molecule has 0 radical (unpaired) electrons. The fourth-order valence-corrected chi connectivity index (χ4v) is 3.71.